The Morgan fingerprint density at radius 3 is 2.89 bits per heavy atom. The fourth-order valence-corrected chi connectivity index (χ4v) is 1.73. The number of hydrogen-bond donors (Lipinski definition) is 1. The molecule has 0 saturated heterocycles. The van der Waals surface area contributed by atoms with E-state index >= 15 is 0 Å². The highest BCUT2D eigenvalue weighted by Gasteiger charge is 2.11. The van der Waals surface area contributed by atoms with Gasteiger partial charge in [-0.15, -0.1) is 0 Å². The summed E-state index contributed by atoms with van der Waals surface area (Å²) in [6, 6.07) is 7.11. The van der Waals surface area contributed by atoms with Crippen LogP contribution in [0, 0.1) is 6.92 Å². The van der Waals surface area contributed by atoms with Crippen molar-refractivity contribution in [2.45, 2.75) is 13.3 Å². The van der Waals surface area contributed by atoms with Crippen molar-refractivity contribution in [2.75, 3.05) is 13.7 Å². The molecule has 0 spiro atoms. The number of amides is 1. The van der Waals surface area contributed by atoms with E-state index in [0.29, 0.717) is 30.2 Å². The van der Waals surface area contributed by atoms with Crippen LogP contribution < -0.4 is 10.1 Å². The lowest BCUT2D eigenvalue weighted by atomic mass is 10.2. The molecule has 1 amide bonds. The van der Waals surface area contributed by atoms with E-state index in [2.05, 4.69) is 10.3 Å². The molecule has 2 rings (SSSR count). The second-order valence-corrected chi connectivity index (χ2v) is 4.07. The zero-order valence-electron chi connectivity index (χ0n) is 11.0. The number of para-hydroxylation sites is 1. The van der Waals surface area contributed by atoms with Crippen LogP contribution in [0.3, 0.4) is 0 Å². The first-order valence-electron chi connectivity index (χ1n) is 6.03. The maximum absolute atomic E-state index is 12.0. The average molecular weight is 260 g/mol. The third-order valence-corrected chi connectivity index (χ3v) is 2.65. The summed E-state index contributed by atoms with van der Waals surface area (Å²) < 4.78 is 10.5. The highest BCUT2D eigenvalue weighted by atomic mass is 16.5. The number of nitrogens with one attached hydrogen (secondary N) is 1. The van der Waals surface area contributed by atoms with Crippen LogP contribution in [-0.4, -0.2) is 24.5 Å². The van der Waals surface area contributed by atoms with Gasteiger partial charge in [0, 0.05) is 13.0 Å². The third-order valence-electron chi connectivity index (χ3n) is 2.65. The Kier molecular flexibility index (Phi) is 4.18. The topological polar surface area (TPSA) is 64.4 Å². The van der Waals surface area contributed by atoms with Gasteiger partial charge in [0.25, 0.3) is 5.91 Å². The van der Waals surface area contributed by atoms with Crippen molar-refractivity contribution < 1.29 is 13.9 Å². The molecule has 0 unspecified atom stereocenters. The predicted molar refractivity (Wildman–Crippen MR) is 70.3 cm³/mol. The fourth-order valence-electron chi connectivity index (χ4n) is 1.73. The fraction of sp³-hybridized carbons (Fsp3) is 0.286. The molecule has 2 aromatic rings. The SMILES string of the molecule is COc1ccccc1C(=O)NCCc1ncc(C)o1. The molecule has 5 nitrogen and oxygen atoms in total. The summed E-state index contributed by atoms with van der Waals surface area (Å²) in [5.74, 6) is 1.79. The van der Waals surface area contributed by atoms with Crippen molar-refractivity contribution in [3.05, 3.63) is 47.7 Å². The lowest BCUT2D eigenvalue weighted by Crippen LogP contribution is -2.26. The zero-order valence-corrected chi connectivity index (χ0v) is 11.0. The van der Waals surface area contributed by atoms with Crippen molar-refractivity contribution in [3.8, 4) is 5.75 Å². The summed E-state index contributed by atoms with van der Waals surface area (Å²) in [5, 5.41) is 2.81. The molecule has 1 aromatic heterocycles. The minimum Gasteiger partial charge on any atom is -0.496 e. The number of benzene rings is 1. The Morgan fingerprint density at radius 1 is 1.42 bits per heavy atom. The molecule has 100 valence electrons. The zero-order chi connectivity index (χ0) is 13.7. The molecule has 1 N–H and O–H groups in total. The normalized spacial score (nSPS) is 10.2. The van der Waals surface area contributed by atoms with Crippen molar-refractivity contribution in [1.29, 1.82) is 0 Å². The van der Waals surface area contributed by atoms with Gasteiger partial charge in [-0.25, -0.2) is 4.98 Å². The summed E-state index contributed by atoms with van der Waals surface area (Å²) >= 11 is 0. The minimum atomic E-state index is -0.166. The molecule has 0 atom stereocenters. The summed E-state index contributed by atoms with van der Waals surface area (Å²) in [6.45, 7) is 2.31. The smallest absolute Gasteiger partial charge is 0.255 e. The first-order valence-corrected chi connectivity index (χ1v) is 6.03. The van der Waals surface area contributed by atoms with Crippen LogP contribution in [-0.2, 0) is 6.42 Å². The van der Waals surface area contributed by atoms with Gasteiger partial charge in [-0.1, -0.05) is 12.1 Å². The van der Waals surface area contributed by atoms with Gasteiger partial charge >= 0.3 is 0 Å². The molecule has 0 radical (unpaired) electrons. The highest BCUT2D eigenvalue weighted by molar-refractivity contribution is 5.96. The van der Waals surface area contributed by atoms with Crippen molar-refractivity contribution in [1.82, 2.24) is 10.3 Å². The van der Waals surface area contributed by atoms with E-state index in [1.54, 1.807) is 31.5 Å². The lowest BCUT2D eigenvalue weighted by Gasteiger charge is -2.08. The Labute approximate surface area is 111 Å². The molecule has 0 saturated carbocycles. The molecule has 1 aromatic carbocycles. The average Bonchev–Trinajstić information content (AvgIpc) is 2.84. The molecule has 0 fully saturated rings. The van der Waals surface area contributed by atoms with E-state index in [9.17, 15) is 4.79 Å². The van der Waals surface area contributed by atoms with Gasteiger partial charge in [0.2, 0.25) is 0 Å². The van der Waals surface area contributed by atoms with E-state index in [0.717, 1.165) is 5.76 Å². The number of carbonyl (C=O) groups excluding carboxylic acids is 1. The lowest BCUT2D eigenvalue weighted by molar-refractivity contribution is 0.0950. The van der Waals surface area contributed by atoms with E-state index < -0.39 is 0 Å². The standard InChI is InChI=1S/C14H16N2O3/c1-10-9-16-13(19-10)7-8-15-14(17)11-5-3-4-6-12(11)18-2/h3-6,9H,7-8H2,1-2H3,(H,15,17). The van der Waals surface area contributed by atoms with Gasteiger partial charge in [-0.3, -0.25) is 4.79 Å². The van der Waals surface area contributed by atoms with Crippen LogP contribution in [0.15, 0.2) is 34.9 Å². The summed E-state index contributed by atoms with van der Waals surface area (Å²) in [5.41, 5.74) is 0.522. The molecule has 0 bridgehead atoms. The number of aromatic nitrogens is 1. The molecule has 19 heavy (non-hydrogen) atoms. The van der Waals surface area contributed by atoms with Crippen molar-refractivity contribution >= 4 is 5.91 Å². The Morgan fingerprint density at radius 2 is 2.21 bits per heavy atom. The number of aryl methyl sites for hydroxylation is 1. The Hall–Kier alpha value is -2.30. The van der Waals surface area contributed by atoms with Gasteiger partial charge in [-0.05, 0) is 19.1 Å². The maximum atomic E-state index is 12.0. The maximum Gasteiger partial charge on any atom is 0.255 e. The minimum absolute atomic E-state index is 0.166. The number of carbonyl (C=O) groups is 1. The van der Waals surface area contributed by atoms with Gasteiger partial charge in [0.1, 0.15) is 11.5 Å². The van der Waals surface area contributed by atoms with Gasteiger partial charge in [0.15, 0.2) is 5.89 Å². The Balaban J connectivity index is 1.90. The number of ether oxygens (including phenoxy) is 1. The van der Waals surface area contributed by atoms with Crippen LogP contribution in [0.1, 0.15) is 22.0 Å². The number of rotatable bonds is 5. The van der Waals surface area contributed by atoms with E-state index in [1.165, 1.54) is 0 Å². The predicted octanol–water partition coefficient (Wildman–Crippen LogP) is 1.96. The first-order chi connectivity index (χ1) is 9.20. The summed E-state index contributed by atoms with van der Waals surface area (Å²) in [7, 11) is 1.54. The third kappa shape index (κ3) is 3.34. The summed E-state index contributed by atoms with van der Waals surface area (Å²) in [6.07, 6.45) is 2.23. The second-order valence-electron chi connectivity index (χ2n) is 4.07. The largest absolute Gasteiger partial charge is 0.496 e. The van der Waals surface area contributed by atoms with Gasteiger partial charge in [0.05, 0.1) is 18.9 Å². The van der Waals surface area contributed by atoms with Gasteiger partial charge in [-0.2, -0.15) is 0 Å². The van der Waals surface area contributed by atoms with E-state index in [-0.39, 0.29) is 5.91 Å². The highest BCUT2D eigenvalue weighted by Crippen LogP contribution is 2.16. The van der Waals surface area contributed by atoms with Crippen LogP contribution >= 0.6 is 0 Å². The Bertz CT molecular complexity index is 563. The number of hydrogen-bond acceptors (Lipinski definition) is 4. The summed E-state index contributed by atoms with van der Waals surface area (Å²) in [4.78, 5) is 16.1. The number of methoxy groups -OCH3 is 1. The molecular weight excluding hydrogens is 244 g/mol. The number of nitrogens with zero attached hydrogens (tertiary/aromatic N) is 1. The van der Waals surface area contributed by atoms with Crippen LogP contribution in [0.4, 0.5) is 0 Å². The molecule has 0 aliphatic carbocycles. The van der Waals surface area contributed by atoms with E-state index in [1.807, 2.05) is 13.0 Å². The van der Waals surface area contributed by atoms with Crippen molar-refractivity contribution in [2.24, 2.45) is 0 Å². The molecular formula is C14H16N2O3. The molecule has 5 heteroatoms. The molecule has 1 heterocycles. The van der Waals surface area contributed by atoms with E-state index in [4.69, 9.17) is 9.15 Å². The quantitative estimate of drug-likeness (QED) is 0.892. The second kappa shape index (κ2) is 6.04. The monoisotopic (exact) mass is 260 g/mol. The van der Waals surface area contributed by atoms with Gasteiger partial charge < -0.3 is 14.5 Å². The molecule has 0 aliphatic rings. The van der Waals surface area contributed by atoms with Crippen LogP contribution in [0.5, 0.6) is 5.75 Å². The van der Waals surface area contributed by atoms with Crippen LogP contribution in [0.25, 0.3) is 0 Å². The first kappa shape index (κ1) is 13.1. The number of oxazole rings is 1. The van der Waals surface area contributed by atoms with Crippen molar-refractivity contribution in [3.63, 3.8) is 0 Å². The van der Waals surface area contributed by atoms with Crippen LogP contribution in [0.2, 0.25) is 0 Å². The molecule has 0 aliphatic heterocycles.